The van der Waals surface area contributed by atoms with Crippen LogP contribution in [0.15, 0.2) is 24.3 Å². The molecule has 1 aromatic carbocycles. The van der Waals surface area contributed by atoms with Crippen molar-refractivity contribution in [3.8, 4) is 5.75 Å². The number of carbonyl (C=O) groups excluding carboxylic acids is 1. The number of hydrogen-bond acceptors (Lipinski definition) is 4. The van der Waals surface area contributed by atoms with Crippen molar-refractivity contribution in [3.05, 3.63) is 29.8 Å². The van der Waals surface area contributed by atoms with Gasteiger partial charge in [0, 0.05) is 12.1 Å². The minimum atomic E-state index is -0.314. The summed E-state index contributed by atoms with van der Waals surface area (Å²) in [6.07, 6.45) is 2.39. The van der Waals surface area contributed by atoms with Crippen LogP contribution in [-0.4, -0.2) is 37.6 Å². The molecule has 0 aliphatic rings. The minimum Gasteiger partial charge on any atom is -0.492 e. The van der Waals surface area contributed by atoms with Gasteiger partial charge in [0.15, 0.2) is 0 Å². The molecule has 1 amide bonds. The standard InChI is InChI=1S/C14H23N3O2/c1-3-4-8-17(2)9-10-19-13-7-5-6-12(11-13)14(18)16-15/h5-7,11H,3-4,8-10,15H2,1-2H3,(H,16,18). The van der Waals surface area contributed by atoms with Gasteiger partial charge in [0.25, 0.3) is 5.91 Å². The van der Waals surface area contributed by atoms with E-state index < -0.39 is 0 Å². The lowest BCUT2D eigenvalue weighted by atomic mass is 10.2. The fraction of sp³-hybridized carbons (Fsp3) is 0.500. The number of benzene rings is 1. The number of nitrogens with one attached hydrogen (secondary N) is 1. The summed E-state index contributed by atoms with van der Waals surface area (Å²) in [6, 6.07) is 7.00. The highest BCUT2D eigenvalue weighted by atomic mass is 16.5. The minimum absolute atomic E-state index is 0.314. The Kier molecular flexibility index (Phi) is 6.92. The molecule has 0 aliphatic carbocycles. The number of rotatable bonds is 8. The van der Waals surface area contributed by atoms with E-state index in [9.17, 15) is 4.79 Å². The van der Waals surface area contributed by atoms with E-state index >= 15 is 0 Å². The summed E-state index contributed by atoms with van der Waals surface area (Å²) in [7, 11) is 2.08. The van der Waals surface area contributed by atoms with Crippen LogP contribution >= 0.6 is 0 Å². The van der Waals surface area contributed by atoms with Crippen LogP contribution in [0.25, 0.3) is 0 Å². The number of ether oxygens (including phenoxy) is 1. The molecule has 0 spiro atoms. The largest absolute Gasteiger partial charge is 0.492 e. The Morgan fingerprint density at radius 1 is 1.42 bits per heavy atom. The maximum absolute atomic E-state index is 11.4. The quantitative estimate of drug-likeness (QED) is 0.423. The predicted molar refractivity (Wildman–Crippen MR) is 76.0 cm³/mol. The molecular formula is C14H23N3O2. The van der Waals surface area contributed by atoms with Gasteiger partial charge in [0.2, 0.25) is 0 Å². The highest BCUT2D eigenvalue weighted by Crippen LogP contribution is 2.13. The molecule has 3 N–H and O–H groups in total. The third-order valence-corrected chi connectivity index (χ3v) is 2.86. The predicted octanol–water partition coefficient (Wildman–Crippen LogP) is 1.40. The molecule has 0 atom stereocenters. The van der Waals surface area contributed by atoms with E-state index in [-0.39, 0.29) is 5.91 Å². The number of hydrogen-bond donors (Lipinski definition) is 2. The number of likely N-dealkylation sites (N-methyl/N-ethyl adjacent to an activating group) is 1. The average molecular weight is 265 g/mol. The topological polar surface area (TPSA) is 67.6 Å². The van der Waals surface area contributed by atoms with E-state index in [1.165, 1.54) is 12.8 Å². The highest BCUT2D eigenvalue weighted by molar-refractivity contribution is 5.94. The number of unbranched alkanes of at least 4 members (excludes halogenated alkanes) is 1. The zero-order chi connectivity index (χ0) is 14.1. The fourth-order valence-corrected chi connectivity index (χ4v) is 1.67. The molecule has 5 heteroatoms. The van der Waals surface area contributed by atoms with Gasteiger partial charge in [-0.05, 0) is 38.2 Å². The van der Waals surface area contributed by atoms with Crippen LogP contribution in [0.2, 0.25) is 0 Å². The molecule has 0 fully saturated rings. The van der Waals surface area contributed by atoms with Crippen molar-refractivity contribution < 1.29 is 9.53 Å². The van der Waals surface area contributed by atoms with Gasteiger partial charge in [-0.1, -0.05) is 19.4 Å². The van der Waals surface area contributed by atoms with E-state index in [0.717, 1.165) is 13.1 Å². The second-order valence-electron chi connectivity index (χ2n) is 4.51. The zero-order valence-corrected chi connectivity index (χ0v) is 11.7. The van der Waals surface area contributed by atoms with Crippen LogP contribution in [0.5, 0.6) is 5.75 Å². The molecule has 1 rings (SSSR count). The lowest BCUT2D eigenvalue weighted by Crippen LogP contribution is -2.30. The zero-order valence-electron chi connectivity index (χ0n) is 11.7. The van der Waals surface area contributed by atoms with Crippen molar-refractivity contribution in [2.45, 2.75) is 19.8 Å². The molecule has 5 nitrogen and oxygen atoms in total. The van der Waals surface area contributed by atoms with E-state index in [2.05, 4.69) is 24.3 Å². The fourth-order valence-electron chi connectivity index (χ4n) is 1.67. The molecule has 106 valence electrons. The summed E-state index contributed by atoms with van der Waals surface area (Å²) >= 11 is 0. The Balaban J connectivity index is 2.39. The van der Waals surface area contributed by atoms with Gasteiger partial charge in [-0.15, -0.1) is 0 Å². The summed E-state index contributed by atoms with van der Waals surface area (Å²) in [5, 5.41) is 0. The Labute approximate surface area is 114 Å². The maximum atomic E-state index is 11.4. The molecule has 0 aromatic heterocycles. The summed E-state index contributed by atoms with van der Waals surface area (Å²) in [5.41, 5.74) is 2.60. The first-order chi connectivity index (χ1) is 9.17. The number of nitrogens with zero attached hydrogens (tertiary/aromatic N) is 1. The van der Waals surface area contributed by atoms with E-state index in [1.54, 1.807) is 18.2 Å². The second kappa shape index (κ2) is 8.50. The van der Waals surface area contributed by atoms with Crippen LogP contribution in [0.4, 0.5) is 0 Å². The van der Waals surface area contributed by atoms with E-state index in [1.807, 2.05) is 6.07 Å². The van der Waals surface area contributed by atoms with Crippen molar-refractivity contribution in [1.82, 2.24) is 10.3 Å². The van der Waals surface area contributed by atoms with E-state index in [0.29, 0.717) is 17.9 Å². The Hall–Kier alpha value is -1.59. The Bertz CT molecular complexity index is 396. The molecule has 0 heterocycles. The molecule has 0 bridgehead atoms. The van der Waals surface area contributed by atoms with Crippen LogP contribution < -0.4 is 16.0 Å². The first kappa shape index (κ1) is 15.5. The third kappa shape index (κ3) is 5.72. The molecular weight excluding hydrogens is 242 g/mol. The lowest BCUT2D eigenvalue weighted by molar-refractivity contribution is 0.0953. The van der Waals surface area contributed by atoms with Crippen molar-refractivity contribution in [3.63, 3.8) is 0 Å². The summed E-state index contributed by atoms with van der Waals surface area (Å²) in [4.78, 5) is 13.6. The lowest BCUT2D eigenvalue weighted by Gasteiger charge is -2.16. The van der Waals surface area contributed by atoms with Crippen LogP contribution in [0.1, 0.15) is 30.1 Å². The van der Waals surface area contributed by atoms with Gasteiger partial charge in [0.1, 0.15) is 12.4 Å². The van der Waals surface area contributed by atoms with Crippen molar-refractivity contribution in [2.24, 2.45) is 5.84 Å². The van der Waals surface area contributed by atoms with Gasteiger partial charge >= 0.3 is 0 Å². The molecule has 0 saturated carbocycles. The van der Waals surface area contributed by atoms with Gasteiger partial charge in [-0.3, -0.25) is 10.2 Å². The number of nitrogens with two attached hydrogens (primary N) is 1. The first-order valence-corrected chi connectivity index (χ1v) is 6.59. The SMILES string of the molecule is CCCCN(C)CCOc1cccc(C(=O)NN)c1. The molecule has 0 saturated heterocycles. The van der Waals surface area contributed by atoms with Gasteiger partial charge < -0.3 is 9.64 Å². The normalized spacial score (nSPS) is 10.5. The maximum Gasteiger partial charge on any atom is 0.265 e. The second-order valence-corrected chi connectivity index (χ2v) is 4.51. The molecule has 1 aromatic rings. The van der Waals surface area contributed by atoms with Crippen LogP contribution in [0, 0.1) is 0 Å². The van der Waals surface area contributed by atoms with Crippen LogP contribution in [-0.2, 0) is 0 Å². The molecule has 0 unspecified atom stereocenters. The number of nitrogen functional groups attached to an aromatic ring is 1. The number of carbonyl (C=O) groups is 1. The third-order valence-electron chi connectivity index (χ3n) is 2.86. The van der Waals surface area contributed by atoms with Crippen molar-refractivity contribution >= 4 is 5.91 Å². The summed E-state index contributed by atoms with van der Waals surface area (Å²) < 4.78 is 5.63. The van der Waals surface area contributed by atoms with Gasteiger partial charge in [-0.25, -0.2) is 5.84 Å². The monoisotopic (exact) mass is 265 g/mol. The average Bonchev–Trinajstić information content (AvgIpc) is 2.44. The first-order valence-electron chi connectivity index (χ1n) is 6.59. The highest BCUT2D eigenvalue weighted by Gasteiger charge is 2.04. The Morgan fingerprint density at radius 2 is 2.21 bits per heavy atom. The number of amides is 1. The van der Waals surface area contributed by atoms with E-state index in [4.69, 9.17) is 10.6 Å². The number of hydrazine groups is 1. The molecule has 0 radical (unpaired) electrons. The molecule has 19 heavy (non-hydrogen) atoms. The summed E-state index contributed by atoms with van der Waals surface area (Å²) in [6.45, 7) is 4.73. The van der Waals surface area contributed by atoms with Crippen molar-refractivity contribution in [1.29, 1.82) is 0 Å². The van der Waals surface area contributed by atoms with Gasteiger partial charge in [-0.2, -0.15) is 0 Å². The Morgan fingerprint density at radius 3 is 2.89 bits per heavy atom. The smallest absolute Gasteiger partial charge is 0.265 e. The molecule has 0 aliphatic heterocycles. The van der Waals surface area contributed by atoms with Gasteiger partial charge in [0.05, 0.1) is 0 Å². The van der Waals surface area contributed by atoms with Crippen LogP contribution in [0.3, 0.4) is 0 Å². The van der Waals surface area contributed by atoms with Crippen molar-refractivity contribution in [2.75, 3.05) is 26.7 Å². The summed E-state index contributed by atoms with van der Waals surface area (Å²) in [5.74, 6) is 5.46.